The van der Waals surface area contributed by atoms with Crippen molar-refractivity contribution >= 4 is 34.0 Å². The summed E-state index contributed by atoms with van der Waals surface area (Å²) in [5, 5.41) is 26.4. The molecule has 0 saturated heterocycles. The maximum Gasteiger partial charge on any atom is 0.282 e. The summed E-state index contributed by atoms with van der Waals surface area (Å²) in [5.74, 6) is -0.602. The van der Waals surface area contributed by atoms with Gasteiger partial charge in [0.05, 0.1) is 11.0 Å². The molecule has 0 aliphatic heterocycles. The second-order valence-electron chi connectivity index (χ2n) is 6.05. The number of benzene rings is 3. The fourth-order valence-corrected chi connectivity index (χ4v) is 3.14. The molecule has 0 aliphatic rings. The van der Waals surface area contributed by atoms with Crippen molar-refractivity contribution in [2.24, 2.45) is 0 Å². The molecule has 3 rings (SSSR count). The summed E-state index contributed by atoms with van der Waals surface area (Å²) in [4.78, 5) is 22.7. The molecular weight excluding hydrogens is 368 g/mol. The van der Waals surface area contributed by atoms with E-state index in [1.165, 1.54) is 18.2 Å². The number of carbonyl (C=O) groups is 1. The zero-order valence-electron chi connectivity index (χ0n) is 14.3. The highest BCUT2D eigenvalue weighted by molar-refractivity contribution is 6.31. The molecule has 0 radical (unpaired) electrons. The number of hydrogen-bond donors (Lipinski definition) is 2. The molecule has 138 valence electrons. The van der Waals surface area contributed by atoms with E-state index < -0.39 is 16.9 Å². The van der Waals surface area contributed by atoms with E-state index in [2.05, 4.69) is 5.32 Å². The predicted molar refractivity (Wildman–Crippen MR) is 104 cm³/mol. The Morgan fingerprint density at radius 2 is 1.89 bits per heavy atom. The number of halogens is 1. The molecule has 7 heteroatoms. The van der Waals surface area contributed by atoms with Gasteiger partial charge in [0.25, 0.3) is 11.6 Å². The van der Waals surface area contributed by atoms with Gasteiger partial charge in [0.15, 0.2) is 0 Å². The van der Waals surface area contributed by atoms with Gasteiger partial charge in [-0.1, -0.05) is 54.1 Å². The van der Waals surface area contributed by atoms with Gasteiger partial charge in [-0.3, -0.25) is 14.9 Å². The molecule has 27 heavy (non-hydrogen) atoms. The molecule has 1 amide bonds. The Morgan fingerprint density at radius 3 is 2.67 bits per heavy atom. The molecule has 2 N–H and O–H groups in total. The molecular formula is C20H17ClN2O4. The van der Waals surface area contributed by atoms with Crippen LogP contribution < -0.4 is 5.32 Å². The lowest BCUT2D eigenvalue weighted by Gasteiger charge is -2.14. The van der Waals surface area contributed by atoms with Gasteiger partial charge >= 0.3 is 0 Å². The first-order valence-corrected chi connectivity index (χ1v) is 8.73. The number of nitro groups is 1. The van der Waals surface area contributed by atoms with Gasteiger partial charge < -0.3 is 10.4 Å². The number of rotatable bonds is 6. The summed E-state index contributed by atoms with van der Waals surface area (Å²) >= 11 is 5.84. The van der Waals surface area contributed by atoms with Crippen LogP contribution in [0.2, 0.25) is 5.02 Å². The van der Waals surface area contributed by atoms with Gasteiger partial charge in [0.1, 0.15) is 5.56 Å². The molecule has 0 saturated carbocycles. The standard InChI is InChI=1S/C20H17ClN2O4/c21-14-8-9-18(23(26)27)17(12-14)20(25)22-11-10-19(24)16-7-3-5-13-4-1-2-6-15(13)16/h1-9,12,19,24H,10-11H2,(H,22,25). The van der Waals surface area contributed by atoms with Crippen LogP contribution in [0.15, 0.2) is 60.7 Å². The van der Waals surface area contributed by atoms with E-state index >= 15 is 0 Å². The van der Waals surface area contributed by atoms with Crippen LogP contribution in [-0.2, 0) is 0 Å². The SMILES string of the molecule is O=C(NCCC(O)c1cccc2ccccc12)c1cc(Cl)ccc1[N+](=O)[O-]. The summed E-state index contributed by atoms with van der Waals surface area (Å²) in [7, 11) is 0. The van der Waals surface area contributed by atoms with E-state index in [0.29, 0.717) is 0 Å². The predicted octanol–water partition coefficient (Wildman–Crippen LogP) is 4.25. The van der Waals surface area contributed by atoms with Gasteiger partial charge in [0.2, 0.25) is 0 Å². The number of fused-ring (bicyclic) bond motifs is 1. The van der Waals surface area contributed by atoms with E-state index in [-0.39, 0.29) is 29.2 Å². The average molecular weight is 385 g/mol. The lowest BCUT2D eigenvalue weighted by molar-refractivity contribution is -0.385. The van der Waals surface area contributed by atoms with Crippen LogP contribution in [0.25, 0.3) is 10.8 Å². The van der Waals surface area contributed by atoms with Gasteiger partial charge in [-0.15, -0.1) is 0 Å². The van der Waals surface area contributed by atoms with Gasteiger partial charge in [-0.2, -0.15) is 0 Å². The van der Waals surface area contributed by atoms with Crippen LogP contribution in [0.4, 0.5) is 5.69 Å². The van der Waals surface area contributed by atoms with Crippen LogP contribution in [0.1, 0.15) is 28.4 Å². The lowest BCUT2D eigenvalue weighted by Crippen LogP contribution is -2.26. The number of carbonyl (C=O) groups excluding carboxylic acids is 1. The molecule has 0 aliphatic carbocycles. The fourth-order valence-electron chi connectivity index (χ4n) is 2.96. The van der Waals surface area contributed by atoms with Gasteiger partial charge in [-0.05, 0) is 34.9 Å². The molecule has 1 atom stereocenters. The lowest BCUT2D eigenvalue weighted by atomic mass is 9.99. The normalized spacial score (nSPS) is 11.9. The molecule has 6 nitrogen and oxygen atoms in total. The van der Waals surface area contributed by atoms with Crippen molar-refractivity contribution in [2.45, 2.75) is 12.5 Å². The second-order valence-corrected chi connectivity index (χ2v) is 6.48. The summed E-state index contributed by atoms with van der Waals surface area (Å²) in [5.41, 5.74) is 0.356. The van der Waals surface area contributed by atoms with Crippen LogP contribution >= 0.6 is 11.6 Å². The number of amides is 1. The first-order valence-electron chi connectivity index (χ1n) is 8.35. The molecule has 0 spiro atoms. The number of hydrogen-bond acceptors (Lipinski definition) is 4. The third kappa shape index (κ3) is 4.24. The molecule has 0 bridgehead atoms. The van der Waals surface area contributed by atoms with Crippen molar-refractivity contribution < 1.29 is 14.8 Å². The summed E-state index contributed by atoms with van der Waals surface area (Å²) in [6.07, 6.45) is -0.501. The zero-order chi connectivity index (χ0) is 19.4. The minimum absolute atomic E-state index is 0.104. The van der Waals surface area contributed by atoms with E-state index in [1.807, 2.05) is 42.5 Å². The van der Waals surface area contributed by atoms with Crippen LogP contribution in [0.3, 0.4) is 0 Å². The number of nitrogens with one attached hydrogen (secondary N) is 1. The third-order valence-electron chi connectivity index (χ3n) is 4.29. The Bertz CT molecular complexity index is 1000. The van der Waals surface area contributed by atoms with Crippen molar-refractivity contribution in [1.29, 1.82) is 0 Å². The topological polar surface area (TPSA) is 92.5 Å². The second kappa shape index (κ2) is 8.16. The van der Waals surface area contributed by atoms with Gasteiger partial charge in [-0.25, -0.2) is 0 Å². The third-order valence-corrected chi connectivity index (χ3v) is 4.52. The maximum atomic E-state index is 12.3. The summed E-state index contributed by atoms with van der Waals surface area (Å²) < 4.78 is 0. The van der Waals surface area contributed by atoms with Gasteiger partial charge in [0, 0.05) is 17.6 Å². The van der Waals surface area contributed by atoms with E-state index in [4.69, 9.17) is 11.6 Å². The highest BCUT2D eigenvalue weighted by Gasteiger charge is 2.20. The van der Waals surface area contributed by atoms with Crippen LogP contribution in [-0.4, -0.2) is 22.5 Å². The maximum absolute atomic E-state index is 12.3. The Balaban J connectivity index is 1.68. The number of nitrogens with zero attached hydrogens (tertiary/aromatic N) is 1. The monoisotopic (exact) mass is 384 g/mol. The largest absolute Gasteiger partial charge is 0.388 e. The smallest absolute Gasteiger partial charge is 0.282 e. The van der Waals surface area contributed by atoms with Crippen molar-refractivity contribution in [1.82, 2.24) is 5.32 Å². The molecule has 3 aromatic rings. The van der Waals surface area contributed by atoms with Crippen LogP contribution in [0, 0.1) is 10.1 Å². The quantitative estimate of drug-likeness (QED) is 0.490. The van der Waals surface area contributed by atoms with E-state index in [1.54, 1.807) is 0 Å². The summed E-state index contributed by atoms with van der Waals surface area (Å²) in [6, 6.07) is 17.2. The number of aliphatic hydroxyl groups is 1. The fraction of sp³-hybridized carbons (Fsp3) is 0.150. The minimum Gasteiger partial charge on any atom is -0.388 e. The van der Waals surface area contributed by atoms with E-state index in [0.717, 1.165) is 16.3 Å². The highest BCUT2D eigenvalue weighted by Crippen LogP contribution is 2.26. The molecule has 3 aromatic carbocycles. The Kier molecular flexibility index (Phi) is 5.69. The van der Waals surface area contributed by atoms with E-state index in [9.17, 15) is 20.0 Å². The first-order chi connectivity index (χ1) is 13.0. The Morgan fingerprint density at radius 1 is 1.15 bits per heavy atom. The molecule has 0 fully saturated rings. The Labute approximate surface area is 160 Å². The van der Waals surface area contributed by atoms with Crippen molar-refractivity contribution in [3.8, 4) is 0 Å². The highest BCUT2D eigenvalue weighted by atomic mass is 35.5. The molecule has 0 aromatic heterocycles. The molecule has 1 unspecified atom stereocenters. The van der Waals surface area contributed by atoms with Crippen molar-refractivity contribution in [3.05, 3.63) is 86.9 Å². The minimum atomic E-state index is -0.772. The zero-order valence-corrected chi connectivity index (χ0v) is 15.0. The molecule has 0 heterocycles. The van der Waals surface area contributed by atoms with Crippen LogP contribution in [0.5, 0.6) is 0 Å². The number of nitro benzene ring substituents is 1. The summed E-state index contributed by atoms with van der Waals surface area (Å²) in [6.45, 7) is 0.160. The average Bonchev–Trinajstić information content (AvgIpc) is 2.67. The van der Waals surface area contributed by atoms with Crippen molar-refractivity contribution in [3.63, 3.8) is 0 Å². The Hall–Kier alpha value is -2.96. The number of aliphatic hydroxyl groups excluding tert-OH is 1. The first kappa shape index (κ1) is 18.8. The van der Waals surface area contributed by atoms with Crippen molar-refractivity contribution in [2.75, 3.05) is 6.54 Å².